The number of carbonyl (C=O) groups excluding carboxylic acids is 1. The monoisotopic (exact) mass is 230 g/mol. The van der Waals surface area contributed by atoms with Gasteiger partial charge in [0.2, 0.25) is 0 Å². The third-order valence-electron chi connectivity index (χ3n) is 2.34. The zero-order valence-corrected chi connectivity index (χ0v) is 8.97. The van der Waals surface area contributed by atoms with E-state index < -0.39 is 11.7 Å². The maximum Gasteiger partial charge on any atom is 0.416 e. The lowest BCUT2D eigenvalue weighted by Crippen LogP contribution is -2.05. The van der Waals surface area contributed by atoms with Crippen LogP contribution in [0.15, 0.2) is 24.3 Å². The largest absolute Gasteiger partial charge is 0.416 e. The predicted molar refractivity (Wildman–Crippen MR) is 55.1 cm³/mol. The van der Waals surface area contributed by atoms with Gasteiger partial charge >= 0.3 is 6.18 Å². The van der Waals surface area contributed by atoms with Crippen molar-refractivity contribution in [2.75, 3.05) is 0 Å². The number of halogens is 3. The Bertz CT molecular complexity index is 369. The number of hydrogen-bond acceptors (Lipinski definition) is 1. The van der Waals surface area contributed by atoms with Gasteiger partial charge in [-0.25, -0.2) is 0 Å². The summed E-state index contributed by atoms with van der Waals surface area (Å²) < 4.78 is 37.1. The highest BCUT2D eigenvalue weighted by Crippen LogP contribution is 2.29. The first-order valence-electron chi connectivity index (χ1n) is 5.11. The second-order valence-electron chi connectivity index (χ2n) is 3.59. The third-order valence-corrected chi connectivity index (χ3v) is 2.34. The molecule has 4 heteroatoms. The Balaban J connectivity index is 2.72. The molecule has 0 saturated carbocycles. The number of ketones is 1. The molecule has 1 aromatic carbocycles. The summed E-state index contributed by atoms with van der Waals surface area (Å²) in [6.45, 7) is 1.74. The molecule has 0 aliphatic heterocycles. The van der Waals surface area contributed by atoms with Crippen LogP contribution in [0.4, 0.5) is 13.2 Å². The molecule has 0 aliphatic carbocycles. The average molecular weight is 230 g/mol. The molecule has 0 heterocycles. The Morgan fingerprint density at radius 2 is 2.00 bits per heavy atom. The van der Waals surface area contributed by atoms with Crippen LogP contribution in [0.2, 0.25) is 0 Å². The molecule has 0 radical (unpaired) electrons. The molecular weight excluding hydrogens is 217 g/mol. The Morgan fingerprint density at radius 3 is 2.56 bits per heavy atom. The summed E-state index contributed by atoms with van der Waals surface area (Å²) in [5.41, 5.74) is -0.106. The van der Waals surface area contributed by atoms with Crippen LogP contribution in [0, 0.1) is 0 Å². The molecular formula is C12H13F3O. The standard InChI is InChI=1S/C12H13F3O/c1-2-11(16)7-6-9-4-3-5-10(8-9)12(13,14)15/h3-5,8H,2,6-7H2,1H3. The average Bonchev–Trinajstić information content (AvgIpc) is 2.25. The van der Waals surface area contributed by atoms with Crippen molar-refractivity contribution >= 4 is 5.78 Å². The fraction of sp³-hybridized carbons (Fsp3) is 0.417. The molecule has 1 rings (SSSR count). The Morgan fingerprint density at radius 1 is 1.31 bits per heavy atom. The van der Waals surface area contributed by atoms with E-state index in [1.54, 1.807) is 13.0 Å². The van der Waals surface area contributed by atoms with E-state index in [-0.39, 0.29) is 5.78 Å². The quantitative estimate of drug-likeness (QED) is 0.772. The molecule has 0 atom stereocenters. The molecule has 0 amide bonds. The molecule has 0 N–H and O–H groups in total. The Hall–Kier alpha value is -1.32. The minimum Gasteiger partial charge on any atom is -0.300 e. The molecule has 0 fully saturated rings. The highest BCUT2D eigenvalue weighted by molar-refractivity contribution is 5.78. The van der Waals surface area contributed by atoms with Crippen LogP contribution in [0.1, 0.15) is 30.9 Å². The van der Waals surface area contributed by atoms with Crippen molar-refractivity contribution in [2.45, 2.75) is 32.4 Å². The second-order valence-corrected chi connectivity index (χ2v) is 3.59. The van der Waals surface area contributed by atoms with Crippen molar-refractivity contribution < 1.29 is 18.0 Å². The van der Waals surface area contributed by atoms with Crippen molar-refractivity contribution in [3.05, 3.63) is 35.4 Å². The van der Waals surface area contributed by atoms with Gasteiger partial charge in [0, 0.05) is 12.8 Å². The predicted octanol–water partition coefficient (Wildman–Crippen LogP) is 3.62. The fourth-order valence-electron chi connectivity index (χ4n) is 1.36. The van der Waals surface area contributed by atoms with Crippen LogP contribution in [0.25, 0.3) is 0 Å². The lowest BCUT2D eigenvalue weighted by Gasteiger charge is -2.08. The number of aryl methyl sites for hydroxylation is 1. The first-order chi connectivity index (χ1) is 7.43. The zero-order chi connectivity index (χ0) is 12.2. The lowest BCUT2D eigenvalue weighted by molar-refractivity contribution is -0.137. The molecule has 0 aromatic heterocycles. The summed E-state index contributed by atoms with van der Waals surface area (Å²) in [5, 5.41) is 0. The summed E-state index contributed by atoms with van der Waals surface area (Å²) in [4.78, 5) is 11.0. The van der Waals surface area contributed by atoms with E-state index in [1.807, 2.05) is 0 Å². The second kappa shape index (κ2) is 5.14. The topological polar surface area (TPSA) is 17.1 Å². The number of Topliss-reactive ketones (excluding diaryl/α,β-unsaturated/α-hetero) is 1. The van der Waals surface area contributed by atoms with Gasteiger partial charge in [-0.2, -0.15) is 13.2 Å². The van der Waals surface area contributed by atoms with Gasteiger partial charge in [-0.1, -0.05) is 25.1 Å². The molecule has 0 saturated heterocycles. The highest BCUT2D eigenvalue weighted by Gasteiger charge is 2.30. The van der Waals surface area contributed by atoms with E-state index >= 15 is 0 Å². The normalized spacial score (nSPS) is 11.5. The van der Waals surface area contributed by atoms with Crippen molar-refractivity contribution in [1.29, 1.82) is 0 Å². The Kier molecular flexibility index (Phi) is 4.10. The van der Waals surface area contributed by atoms with Crippen molar-refractivity contribution in [3.8, 4) is 0 Å². The van der Waals surface area contributed by atoms with Gasteiger partial charge in [-0.05, 0) is 18.1 Å². The summed E-state index contributed by atoms with van der Waals surface area (Å²) in [6, 6.07) is 5.11. The zero-order valence-electron chi connectivity index (χ0n) is 8.97. The van der Waals surface area contributed by atoms with Crippen molar-refractivity contribution in [2.24, 2.45) is 0 Å². The van der Waals surface area contributed by atoms with Crippen LogP contribution in [0.3, 0.4) is 0 Å². The molecule has 0 unspecified atom stereocenters. The van der Waals surface area contributed by atoms with Crippen molar-refractivity contribution in [1.82, 2.24) is 0 Å². The lowest BCUT2D eigenvalue weighted by atomic mass is 10.0. The molecule has 1 aromatic rings. The number of carbonyl (C=O) groups is 1. The molecule has 16 heavy (non-hydrogen) atoms. The van der Waals surface area contributed by atoms with Gasteiger partial charge in [0.25, 0.3) is 0 Å². The van der Waals surface area contributed by atoms with Gasteiger partial charge in [0.1, 0.15) is 5.78 Å². The summed E-state index contributed by atoms with van der Waals surface area (Å²) in [6.07, 6.45) is -3.21. The molecule has 1 nitrogen and oxygen atoms in total. The van der Waals surface area contributed by atoms with Crippen LogP contribution < -0.4 is 0 Å². The van der Waals surface area contributed by atoms with E-state index in [9.17, 15) is 18.0 Å². The summed E-state index contributed by atoms with van der Waals surface area (Å²) in [7, 11) is 0. The van der Waals surface area contributed by atoms with Gasteiger partial charge in [0.05, 0.1) is 5.56 Å². The van der Waals surface area contributed by atoms with E-state index in [0.717, 1.165) is 12.1 Å². The first-order valence-corrected chi connectivity index (χ1v) is 5.11. The fourth-order valence-corrected chi connectivity index (χ4v) is 1.36. The summed E-state index contributed by atoms with van der Waals surface area (Å²) in [5.74, 6) is 0.0670. The van der Waals surface area contributed by atoms with Gasteiger partial charge < -0.3 is 0 Å². The SMILES string of the molecule is CCC(=O)CCc1cccc(C(F)(F)F)c1. The van der Waals surface area contributed by atoms with E-state index in [4.69, 9.17) is 0 Å². The van der Waals surface area contributed by atoms with Gasteiger partial charge in [-0.15, -0.1) is 0 Å². The van der Waals surface area contributed by atoms with Gasteiger partial charge in [0.15, 0.2) is 0 Å². The number of alkyl halides is 3. The summed E-state index contributed by atoms with van der Waals surface area (Å²) >= 11 is 0. The van der Waals surface area contributed by atoms with E-state index in [2.05, 4.69) is 0 Å². The number of hydrogen-bond donors (Lipinski definition) is 0. The first kappa shape index (κ1) is 12.7. The number of benzene rings is 1. The number of rotatable bonds is 4. The maximum atomic E-state index is 12.4. The molecule has 0 aliphatic rings. The smallest absolute Gasteiger partial charge is 0.300 e. The van der Waals surface area contributed by atoms with E-state index in [1.165, 1.54) is 6.07 Å². The maximum absolute atomic E-state index is 12.4. The van der Waals surface area contributed by atoms with Crippen molar-refractivity contribution in [3.63, 3.8) is 0 Å². The molecule has 0 bridgehead atoms. The van der Waals surface area contributed by atoms with Crippen LogP contribution in [0.5, 0.6) is 0 Å². The van der Waals surface area contributed by atoms with Crippen LogP contribution in [-0.4, -0.2) is 5.78 Å². The van der Waals surface area contributed by atoms with Crippen LogP contribution >= 0.6 is 0 Å². The van der Waals surface area contributed by atoms with E-state index in [0.29, 0.717) is 24.8 Å². The highest BCUT2D eigenvalue weighted by atomic mass is 19.4. The third kappa shape index (κ3) is 3.68. The molecule has 88 valence electrons. The minimum absolute atomic E-state index is 0.0670. The molecule has 0 spiro atoms. The van der Waals surface area contributed by atoms with Crippen LogP contribution in [-0.2, 0) is 17.4 Å². The Labute approximate surface area is 92.3 Å². The van der Waals surface area contributed by atoms with Gasteiger partial charge in [-0.3, -0.25) is 4.79 Å². The minimum atomic E-state index is -4.31.